The predicted molar refractivity (Wildman–Crippen MR) is 83.1 cm³/mol. The molecule has 18 heavy (non-hydrogen) atoms. The third-order valence-corrected chi connectivity index (χ3v) is 4.34. The lowest BCUT2D eigenvalue weighted by Crippen LogP contribution is -2.53. The average Bonchev–Trinajstić information content (AvgIpc) is 2.28. The zero-order chi connectivity index (χ0) is 14.3. The van der Waals surface area contributed by atoms with Crippen molar-refractivity contribution < 1.29 is 0 Å². The van der Waals surface area contributed by atoms with E-state index in [1.165, 1.54) is 19.3 Å². The molecule has 0 heterocycles. The van der Waals surface area contributed by atoms with E-state index in [-0.39, 0.29) is 0 Å². The van der Waals surface area contributed by atoms with Crippen LogP contribution in [0.1, 0.15) is 67.7 Å². The van der Waals surface area contributed by atoms with Crippen LogP contribution in [0, 0.1) is 5.41 Å². The molecule has 0 aromatic carbocycles. The molecular weight excluding hydrogens is 220 g/mol. The van der Waals surface area contributed by atoms with Gasteiger partial charge in [0.05, 0.1) is 0 Å². The van der Waals surface area contributed by atoms with Crippen LogP contribution >= 0.6 is 0 Å². The van der Waals surface area contributed by atoms with Gasteiger partial charge in [0.15, 0.2) is 0 Å². The van der Waals surface area contributed by atoms with Gasteiger partial charge in [0.25, 0.3) is 0 Å². The van der Waals surface area contributed by atoms with Gasteiger partial charge in [-0.05, 0) is 38.8 Å². The molecule has 3 unspecified atom stereocenters. The van der Waals surface area contributed by atoms with Gasteiger partial charge >= 0.3 is 0 Å². The summed E-state index contributed by atoms with van der Waals surface area (Å²) in [5.74, 6) is 0. The molecule has 0 saturated carbocycles. The lowest BCUT2D eigenvalue weighted by molar-refractivity contribution is 0.0729. The monoisotopic (exact) mass is 256 g/mol. The van der Waals surface area contributed by atoms with Crippen LogP contribution in [0.4, 0.5) is 0 Å². The van der Waals surface area contributed by atoms with Crippen LogP contribution in [0.3, 0.4) is 0 Å². The van der Waals surface area contributed by atoms with Crippen molar-refractivity contribution in [3.63, 3.8) is 0 Å². The summed E-state index contributed by atoms with van der Waals surface area (Å²) in [6.07, 6.45) is 3.74. The molecule has 0 spiro atoms. The highest BCUT2D eigenvalue weighted by atomic mass is 15.2. The fourth-order valence-corrected chi connectivity index (χ4v) is 2.76. The summed E-state index contributed by atoms with van der Waals surface area (Å²) in [6, 6.07) is 1.86. The van der Waals surface area contributed by atoms with E-state index in [0.717, 1.165) is 6.54 Å². The van der Waals surface area contributed by atoms with Gasteiger partial charge in [-0.2, -0.15) is 0 Å². The molecule has 0 amide bonds. The van der Waals surface area contributed by atoms with Crippen LogP contribution in [0.25, 0.3) is 0 Å². The predicted octanol–water partition coefficient (Wildman–Crippen LogP) is 3.91. The van der Waals surface area contributed by atoms with Gasteiger partial charge in [-0.1, -0.05) is 48.0 Å². The number of nitrogens with one attached hydrogen (secondary N) is 1. The van der Waals surface area contributed by atoms with Gasteiger partial charge in [0, 0.05) is 18.1 Å². The molecule has 0 radical (unpaired) electrons. The minimum Gasteiger partial charge on any atom is -0.313 e. The Labute approximate surface area is 116 Å². The molecular formula is C16H36N2. The minimum atomic E-state index is 0.338. The quantitative estimate of drug-likeness (QED) is 0.708. The van der Waals surface area contributed by atoms with Crippen molar-refractivity contribution in [2.24, 2.45) is 5.41 Å². The first-order valence-electron chi connectivity index (χ1n) is 7.74. The Bertz CT molecular complexity index is 202. The van der Waals surface area contributed by atoms with E-state index in [1.54, 1.807) is 0 Å². The molecule has 3 atom stereocenters. The molecule has 0 fully saturated rings. The van der Waals surface area contributed by atoms with Crippen molar-refractivity contribution >= 4 is 0 Å². The summed E-state index contributed by atoms with van der Waals surface area (Å²) in [5.41, 5.74) is 0.338. The van der Waals surface area contributed by atoms with Crippen molar-refractivity contribution in [2.75, 3.05) is 13.6 Å². The molecule has 0 aliphatic heterocycles. The highest BCUT2D eigenvalue weighted by Gasteiger charge is 2.31. The second kappa shape index (κ2) is 8.16. The van der Waals surface area contributed by atoms with Crippen molar-refractivity contribution in [1.82, 2.24) is 10.2 Å². The van der Waals surface area contributed by atoms with Gasteiger partial charge in [-0.3, -0.25) is 4.90 Å². The second-order valence-corrected chi connectivity index (χ2v) is 6.64. The van der Waals surface area contributed by atoms with Gasteiger partial charge in [-0.25, -0.2) is 0 Å². The van der Waals surface area contributed by atoms with E-state index >= 15 is 0 Å². The van der Waals surface area contributed by atoms with Crippen molar-refractivity contribution in [3.8, 4) is 0 Å². The van der Waals surface area contributed by atoms with Crippen LogP contribution in [0.5, 0.6) is 0 Å². The smallest absolute Gasteiger partial charge is 0.0246 e. The number of nitrogens with zero attached hydrogens (tertiary/aromatic N) is 1. The van der Waals surface area contributed by atoms with Gasteiger partial charge < -0.3 is 5.32 Å². The molecule has 1 N–H and O–H groups in total. The van der Waals surface area contributed by atoms with E-state index in [0.29, 0.717) is 23.5 Å². The van der Waals surface area contributed by atoms with E-state index in [4.69, 9.17) is 0 Å². The first-order chi connectivity index (χ1) is 8.29. The summed E-state index contributed by atoms with van der Waals surface area (Å²) in [4.78, 5) is 2.59. The summed E-state index contributed by atoms with van der Waals surface area (Å²) in [6.45, 7) is 17.2. The Balaban J connectivity index is 4.80. The van der Waals surface area contributed by atoms with Crippen molar-refractivity contribution in [3.05, 3.63) is 0 Å². The van der Waals surface area contributed by atoms with Crippen LogP contribution in [-0.2, 0) is 0 Å². The van der Waals surface area contributed by atoms with Crippen LogP contribution in [0.2, 0.25) is 0 Å². The Morgan fingerprint density at radius 2 is 1.67 bits per heavy atom. The summed E-state index contributed by atoms with van der Waals surface area (Å²) in [5, 5.41) is 3.68. The third kappa shape index (κ3) is 5.27. The minimum absolute atomic E-state index is 0.338. The molecule has 2 nitrogen and oxygen atoms in total. The Morgan fingerprint density at radius 3 is 2.00 bits per heavy atom. The molecule has 0 bridgehead atoms. The van der Waals surface area contributed by atoms with Crippen LogP contribution in [0.15, 0.2) is 0 Å². The summed E-state index contributed by atoms with van der Waals surface area (Å²) < 4.78 is 0. The highest BCUT2D eigenvalue weighted by Crippen LogP contribution is 2.26. The number of hydrogen-bond donors (Lipinski definition) is 1. The van der Waals surface area contributed by atoms with Crippen molar-refractivity contribution in [1.29, 1.82) is 0 Å². The van der Waals surface area contributed by atoms with Gasteiger partial charge in [0.1, 0.15) is 0 Å². The van der Waals surface area contributed by atoms with Gasteiger partial charge in [0.2, 0.25) is 0 Å². The number of likely N-dealkylation sites (N-methyl/N-ethyl adjacent to an activating group) is 2. The second-order valence-electron chi connectivity index (χ2n) is 6.64. The molecule has 0 saturated heterocycles. The maximum absolute atomic E-state index is 3.68. The SMILES string of the molecule is CCCC(NCC)C(CC)N(C)C(C)C(C)(C)C. The first-order valence-corrected chi connectivity index (χ1v) is 7.74. The Kier molecular flexibility index (Phi) is 8.13. The molecule has 0 aromatic rings. The maximum atomic E-state index is 3.68. The lowest BCUT2D eigenvalue weighted by atomic mass is 9.85. The summed E-state index contributed by atoms with van der Waals surface area (Å²) in [7, 11) is 2.30. The highest BCUT2D eigenvalue weighted by molar-refractivity contribution is 4.88. The molecule has 0 aliphatic carbocycles. The molecule has 0 aliphatic rings. The first kappa shape index (κ1) is 17.9. The van der Waals surface area contributed by atoms with Crippen LogP contribution < -0.4 is 5.32 Å². The average molecular weight is 256 g/mol. The zero-order valence-electron chi connectivity index (χ0n) is 14.0. The van der Waals surface area contributed by atoms with E-state index in [2.05, 4.69) is 65.7 Å². The molecule has 2 heteroatoms. The lowest BCUT2D eigenvalue weighted by Gasteiger charge is -2.43. The molecule has 110 valence electrons. The number of hydrogen-bond acceptors (Lipinski definition) is 2. The summed E-state index contributed by atoms with van der Waals surface area (Å²) >= 11 is 0. The van der Waals surface area contributed by atoms with Crippen LogP contribution in [-0.4, -0.2) is 36.6 Å². The molecule has 0 rings (SSSR count). The van der Waals surface area contributed by atoms with E-state index in [1.807, 2.05) is 0 Å². The largest absolute Gasteiger partial charge is 0.313 e. The topological polar surface area (TPSA) is 15.3 Å². The Hall–Kier alpha value is -0.0800. The van der Waals surface area contributed by atoms with E-state index < -0.39 is 0 Å². The normalized spacial score (nSPS) is 17.8. The Morgan fingerprint density at radius 1 is 1.11 bits per heavy atom. The van der Waals surface area contributed by atoms with Gasteiger partial charge in [-0.15, -0.1) is 0 Å². The number of rotatable bonds is 8. The van der Waals surface area contributed by atoms with E-state index in [9.17, 15) is 0 Å². The fourth-order valence-electron chi connectivity index (χ4n) is 2.76. The third-order valence-electron chi connectivity index (χ3n) is 4.34. The zero-order valence-corrected chi connectivity index (χ0v) is 14.0. The van der Waals surface area contributed by atoms with Crippen molar-refractivity contribution in [2.45, 2.75) is 85.9 Å². The fraction of sp³-hybridized carbons (Fsp3) is 1.00. The standard InChI is InChI=1S/C16H36N2/c1-9-12-14(17-11-3)15(10-2)18(8)13(4)16(5,6)7/h13-15,17H,9-12H2,1-8H3. The molecule has 0 aromatic heterocycles. The maximum Gasteiger partial charge on any atom is 0.0246 e.